The second kappa shape index (κ2) is 7.44. The summed E-state index contributed by atoms with van der Waals surface area (Å²) in [6.07, 6.45) is 2.07. The SMILES string of the molecule is CCN(C)C(=O)CNC(C)c1ccc(SC)cc1. The smallest absolute Gasteiger partial charge is 0.236 e. The first-order valence-electron chi connectivity index (χ1n) is 6.19. The molecular weight excluding hydrogens is 244 g/mol. The molecule has 1 aromatic carbocycles. The zero-order chi connectivity index (χ0) is 13.5. The van der Waals surface area contributed by atoms with Crippen LogP contribution < -0.4 is 5.32 Å². The highest BCUT2D eigenvalue weighted by Gasteiger charge is 2.09. The molecule has 100 valence electrons. The van der Waals surface area contributed by atoms with Crippen molar-refractivity contribution in [3.63, 3.8) is 0 Å². The average molecular weight is 266 g/mol. The van der Waals surface area contributed by atoms with Gasteiger partial charge in [-0.3, -0.25) is 4.79 Å². The van der Waals surface area contributed by atoms with Gasteiger partial charge >= 0.3 is 0 Å². The van der Waals surface area contributed by atoms with Crippen molar-refractivity contribution in [1.29, 1.82) is 0 Å². The third kappa shape index (κ3) is 4.35. The van der Waals surface area contributed by atoms with E-state index in [-0.39, 0.29) is 11.9 Å². The van der Waals surface area contributed by atoms with Crippen LogP contribution in [0.15, 0.2) is 29.2 Å². The third-order valence-corrected chi connectivity index (χ3v) is 3.82. The van der Waals surface area contributed by atoms with Gasteiger partial charge in [-0.05, 0) is 37.8 Å². The molecule has 0 bridgehead atoms. The summed E-state index contributed by atoms with van der Waals surface area (Å²) in [5.74, 6) is 0.130. The molecule has 1 N–H and O–H groups in total. The number of amides is 1. The zero-order valence-electron chi connectivity index (χ0n) is 11.6. The molecule has 1 aromatic rings. The molecule has 1 rings (SSSR count). The van der Waals surface area contributed by atoms with Crippen molar-refractivity contribution in [2.24, 2.45) is 0 Å². The molecule has 0 aliphatic carbocycles. The molecule has 18 heavy (non-hydrogen) atoms. The van der Waals surface area contributed by atoms with Crippen molar-refractivity contribution in [1.82, 2.24) is 10.2 Å². The van der Waals surface area contributed by atoms with Crippen LogP contribution >= 0.6 is 11.8 Å². The fourth-order valence-corrected chi connectivity index (χ4v) is 1.97. The Kier molecular flexibility index (Phi) is 6.22. The Morgan fingerprint density at radius 3 is 2.50 bits per heavy atom. The Morgan fingerprint density at radius 2 is 2.00 bits per heavy atom. The fourth-order valence-electron chi connectivity index (χ4n) is 1.56. The molecule has 0 aromatic heterocycles. The highest BCUT2D eigenvalue weighted by Crippen LogP contribution is 2.18. The van der Waals surface area contributed by atoms with E-state index in [1.807, 2.05) is 14.0 Å². The van der Waals surface area contributed by atoms with Crippen LogP contribution in [-0.4, -0.2) is 37.2 Å². The van der Waals surface area contributed by atoms with Crippen molar-refractivity contribution in [3.05, 3.63) is 29.8 Å². The van der Waals surface area contributed by atoms with Crippen LogP contribution in [0, 0.1) is 0 Å². The van der Waals surface area contributed by atoms with Crippen molar-refractivity contribution in [2.45, 2.75) is 24.8 Å². The Labute approximate surface area is 114 Å². The number of nitrogens with one attached hydrogen (secondary N) is 1. The Hall–Kier alpha value is -1.00. The standard InChI is InChI=1S/C14H22N2OS/c1-5-16(3)14(17)10-15-11(2)12-6-8-13(18-4)9-7-12/h6-9,11,15H,5,10H2,1-4H3. The van der Waals surface area contributed by atoms with Crippen molar-refractivity contribution in [2.75, 3.05) is 26.4 Å². The summed E-state index contributed by atoms with van der Waals surface area (Å²) >= 11 is 1.73. The molecule has 3 nitrogen and oxygen atoms in total. The van der Waals surface area contributed by atoms with Gasteiger partial charge in [0.05, 0.1) is 6.54 Å². The lowest BCUT2D eigenvalue weighted by Gasteiger charge is -2.18. The lowest BCUT2D eigenvalue weighted by molar-refractivity contribution is -0.128. The van der Waals surface area contributed by atoms with Crippen LogP contribution in [0.5, 0.6) is 0 Å². The zero-order valence-corrected chi connectivity index (χ0v) is 12.4. The average Bonchev–Trinajstić information content (AvgIpc) is 2.43. The van der Waals surface area contributed by atoms with Gasteiger partial charge in [-0.2, -0.15) is 0 Å². The molecule has 1 atom stereocenters. The summed E-state index contributed by atoms with van der Waals surface area (Å²) < 4.78 is 0. The fraction of sp³-hybridized carbons (Fsp3) is 0.500. The van der Waals surface area contributed by atoms with Gasteiger partial charge in [0, 0.05) is 24.5 Å². The predicted molar refractivity (Wildman–Crippen MR) is 78.0 cm³/mol. The van der Waals surface area contributed by atoms with Crippen LogP contribution in [-0.2, 0) is 4.79 Å². The number of carbonyl (C=O) groups excluding carboxylic acids is 1. The topological polar surface area (TPSA) is 32.3 Å². The monoisotopic (exact) mass is 266 g/mol. The van der Waals surface area contributed by atoms with E-state index in [1.165, 1.54) is 10.5 Å². The second-order valence-electron chi connectivity index (χ2n) is 4.28. The van der Waals surface area contributed by atoms with E-state index < -0.39 is 0 Å². The Bertz CT molecular complexity index is 378. The number of hydrogen-bond acceptors (Lipinski definition) is 3. The van der Waals surface area contributed by atoms with E-state index >= 15 is 0 Å². The minimum Gasteiger partial charge on any atom is -0.345 e. The second-order valence-corrected chi connectivity index (χ2v) is 5.16. The van der Waals surface area contributed by atoms with Crippen LogP contribution in [0.3, 0.4) is 0 Å². The number of hydrogen-bond donors (Lipinski definition) is 1. The maximum absolute atomic E-state index is 11.7. The van der Waals surface area contributed by atoms with E-state index in [0.29, 0.717) is 6.54 Å². The van der Waals surface area contributed by atoms with Gasteiger partial charge in [0.15, 0.2) is 0 Å². The highest BCUT2D eigenvalue weighted by atomic mass is 32.2. The molecule has 0 saturated heterocycles. The summed E-state index contributed by atoms with van der Waals surface area (Å²) in [5.41, 5.74) is 1.21. The summed E-state index contributed by atoms with van der Waals surface area (Å²) in [6, 6.07) is 8.63. The predicted octanol–water partition coefficient (Wildman–Crippen LogP) is 2.54. The van der Waals surface area contributed by atoms with E-state index in [1.54, 1.807) is 16.7 Å². The lowest BCUT2D eigenvalue weighted by atomic mass is 10.1. The molecular formula is C14H22N2OS. The van der Waals surface area contributed by atoms with Crippen molar-refractivity contribution >= 4 is 17.7 Å². The lowest BCUT2D eigenvalue weighted by Crippen LogP contribution is -2.36. The maximum Gasteiger partial charge on any atom is 0.236 e. The molecule has 0 heterocycles. The number of carbonyl (C=O) groups is 1. The first kappa shape index (κ1) is 15.1. The van der Waals surface area contributed by atoms with Crippen molar-refractivity contribution in [3.8, 4) is 0 Å². The molecule has 1 unspecified atom stereocenters. The third-order valence-electron chi connectivity index (χ3n) is 3.08. The van der Waals surface area contributed by atoms with Gasteiger partial charge in [-0.15, -0.1) is 11.8 Å². The van der Waals surface area contributed by atoms with Gasteiger partial charge in [-0.25, -0.2) is 0 Å². The summed E-state index contributed by atoms with van der Waals surface area (Å²) in [4.78, 5) is 14.6. The van der Waals surface area contributed by atoms with Gasteiger partial charge in [0.1, 0.15) is 0 Å². The highest BCUT2D eigenvalue weighted by molar-refractivity contribution is 7.98. The van der Waals surface area contributed by atoms with Crippen LogP contribution in [0.1, 0.15) is 25.5 Å². The molecule has 0 fully saturated rings. The van der Waals surface area contributed by atoms with E-state index in [0.717, 1.165) is 6.54 Å². The first-order chi connectivity index (χ1) is 8.58. The summed E-state index contributed by atoms with van der Waals surface area (Å²) in [6.45, 7) is 5.18. The minimum atomic E-state index is 0.130. The maximum atomic E-state index is 11.7. The molecule has 0 aliphatic heterocycles. The molecule has 0 saturated carbocycles. The van der Waals surface area contributed by atoms with Gasteiger partial charge in [0.25, 0.3) is 0 Å². The number of rotatable bonds is 6. The molecule has 0 radical (unpaired) electrons. The molecule has 4 heteroatoms. The van der Waals surface area contributed by atoms with Crippen LogP contribution in [0.25, 0.3) is 0 Å². The van der Waals surface area contributed by atoms with Crippen LogP contribution in [0.4, 0.5) is 0 Å². The summed E-state index contributed by atoms with van der Waals surface area (Å²) in [7, 11) is 1.82. The molecule has 0 spiro atoms. The molecule has 0 aliphatic rings. The van der Waals surface area contributed by atoms with E-state index in [2.05, 4.69) is 42.8 Å². The normalized spacial score (nSPS) is 12.2. The van der Waals surface area contributed by atoms with Crippen LogP contribution in [0.2, 0.25) is 0 Å². The minimum absolute atomic E-state index is 0.130. The quantitative estimate of drug-likeness (QED) is 0.803. The van der Waals surface area contributed by atoms with Gasteiger partial charge < -0.3 is 10.2 Å². The van der Waals surface area contributed by atoms with Gasteiger partial charge in [0.2, 0.25) is 5.91 Å². The van der Waals surface area contributed by atoms with Gasteiger partial charge in [-0.1, -0.05) is 12.1 Å². The number of benzene rings is 1. The number of nitrogens with zero attached hydrogens (tertiary/aromatic N) is 1. The molecule has 1 amide bonds. The first-order valence-corrected chi connectivity index (χ1v) is 7.42. The Morgan fingerprint density at radius 1 is 1.39 bits per heavy atom. The van der Waals surface area contributed by atoms with Crippen molar-refractivity contribution < 1.29 is 4.79 Å². The number of likely N-dealkylation sites (N-methyl/N-ethyl adjacent to an activating group) is 1. The van der Waals surface area contributed by atoms with E-state index in [9.17, 15) is 4.79 Å². The summed E-state index contributed by atoms with van der Waals surface area (Å²) in [5, 5.41) is 3.25. The largest absolute Gasteiger partial charge is 0.345 e. The van der Waals surface area contributed by atoms with E-state index in [4.69, 9.17) is 0 Å². The Balaban J connectivity index is 2.49. The number of thioether (sulfide) groups is 1.